The van der Waals surface area contributed by atoms with Crippen LogP contribution in [-0.2, 0) is 0 Å². The lowest BCUT2D eigenvalue weighted by atomic mass is 10.1. The number of aryl methyl sites for hydroxylation is 1. The Morgan fingerprint density at radius 1 is 1.35 bits per heavy atom. The molecule has 0 aromatic carbocycles. The van der Waals surface area contributed by atoms with Crippen LogP contribution in [0.1, 0.15) is 35.3 Å². The number of likely N-dealkylation sites (tertiary alicyclic amines) is 1. The molecule has 0 spiro atoms. The summed E-state index contributed by atoms with van der Waals surface area (Å²) in [6.07, 6.45) is 8.07. The minimum Gasteiger partial charge on any atom is -0.337 e. The van der Waals surface area contributed by atoms with Crippen molar-refractivity contribution in [1.29, 1.82) is 0 Å². The Morgan fingerprint density at radius 3 is 2.96 bits per heavy atom. The Balaban J connectivity index is 1.84. The number of hydrogen-bond donors (Lipinski definition) is 1. The van der Waals surface area contributed by atoms with Gasteiger partial charge in [-0.15, -0.1) is 0 Å². The molecule has 0 saturated carbocycles. The zero-order valence-corrected chi connectivity index (χ0v) is 13.3. The fourth-order valence-electron chi connectivity index (χ4n) is 2.84. The van der Waals surface area contributed by atoms with Crippen molar-refractivity contribution in [3.8, 4) is 11.4 Å². The average molecular weight is 311 g/mol. The summed E-state index contributed by atoms with van der Waals surface area (Å²) in [5.74, 6) is 0.553. The summed E-state index contributed by atoms with van der Waals surface area (Å²) in [6, 6.07) is 3.79. The van der Waals surface area contributed by atoms with Gasteiger partial charge in [0, 0.05) is 43.3 Å². The van der Waals surface area contributed by atoms with Gasteiger partial charge in [0.05, 0.1) is 11.3 Å². The van der Waals surface area contributed by atoms with E-state index in [1.807, 2.05) is 24.0 Å². The first-order valence-corrected chi connectivity index (χ1v) is 7.94. The van der Waals surface area contributed by atoms with E-state index >= 15 is 0 Å². The molecule has 6 nitrogen and oxygen atoms in total. The number of rotatable bonds is 2. The Morgan fingerprint density at radius 2 is 2.22 bits per heavy atom. The van der Waals surface area contributed by atoms with Gasteiger partial charge in [0.25, 0.3) is 5.91 Å². The van der Waals surface area contributed by atoms with Crippen LogP contribution in [0.5, 0.6) is 0 Å². The lowest BCUT2D eigenvalue weighted by molar-refractivity contribution is 0.0753. The molecule has 2 aromatic heterocycles. The van der Waals surface area contributed by atoms with Crippen molar-refractivity contribution in [2.45, 2.75) is 32.2 Å². The molecule has 2 N–H and O–H groups in total. The molecular formula is C17H21N5O. The smallest absolute Gasteiger partial charge is 0.257 e. The normalized spacial score (nSPS) is 18.5. The van der Waals surface area contributed by atoms with E-state index in [0.29, 0.717) is 23.6 Å². The zero-order valence-electron chi connectivity index (χ0n) is 13.3. The number of amides is 1. The van der Waals surface area contributed by atoms with E-state index in [2.05, 4.69) is 15.0 Å². The van der Waals surface area contributed by atoms with Gasteiger partial charge in [0.1, 0.15) is 0 Å². The molecule has 0 radical (unpaired) electrons. The van der Waals surface area contributed by atoms with Gasteiger partial charge in [-0.3, -0.25) is 9.78 Å². The maximum absolute atomic E-state index is 12.7. The molecule has 6 heteroatoms. The highest BCUT2D eigenvalue weighted by atomic mass is 16.2. The first kappa shape index (κ1) is 15.6. The molecule has 1 amide bonds. The fraction of sp³-hybridized carbons (Fsp3) is 0.412. The molecule has 1 aliphatic heterocycles. The lowest BCUT2D eigenvalue weighted by Gasteiger charge is -2.23. The highest BCUT2D eigenvalue weighted by Crippen LogP contribution is 2.17. The van der Waals surface area contributed by atoms with Crippen molar-refractivity contribution in [1.82, 2.24) is 19.9 Å². The Bertz CT molecular complexity index is 689. The summed E-state index contributed by atoms with van der Waals surface area (Å²) in [5.41, 5.74) is 8.12. The number of hydrogen-bond acceptors (Lipinski definition) is 5. The topological polar surface area (TPSA) is 85.0 Å². The van der Waals surface area contributed by atoms with E-state index in [-0.39, 0.29) is 11.9 Å². The summed E-state index contributed by atoms with van der Waals surface area (Å²) in [5, 5.41) is 0. The van der Waals surface area contributed by atoms with Gasteiger partial charge in [-0.1, -0.05) is 6.42 Å². The third kappa shape index (κ3) is 3.53. The highest BCUT2D eigenvalue weighted by Gasteiger charge is 2.23. The molecule has 1 saturated heterocycles. The maximum atomic E-state index is 12.7. The van der Waals surface area contributed by atoms with E-state index in [0.717, 1.165) is 31.4 Å². The molecule has 3 heterocycles. The molecule has 2 aromatic rings. The summed E-state index contributed by atoms with van der Waals surface area (Å²) in [7, 11) is 0. The molecule has 1 atom stereocenters. The van der Waals surface area contributed by atoms with Crippen molar-refractivity contribution in [3.05, 3.63) is 42.0 Å². The average Bonchev–Trinajstić information content (AvgIpc) is 2.79. The number of nitrogens with two attached hydrogens (primary N) is 1. The summed E-state index contributed by atoms with van der Waals surface area (Å²) in [6.45, 7) is 3.19. The van der Waals surface area contributed by atoms with Gasteiger partial charge >= 0.3 is 0 Å². The van der Waals surface area contributed by atoms with Gasteiger partial charge in [-0.25, -0.2) is 9.97 Å². The van der Waals surface area contributed by atoms with Crippen LogP contribution in [0.25, 0.3) is 11.4 Å². The minimum atomic E-state index is -0.0300. The van der Waals surface area contributed by atoms with Crippen LogP contribution < -0.4 is 5.73 Å². The van der Waals surface area contributed by atoms with E-state index in [4.69, 9.17) is 5.73 Å². The summed E-state index contributed by atoms with van der Waals surface area (Å²) >= 11 is 0. The Kier molecular flexibility index (Phi) is 4.62. The van der Waals surface area contributed by atoms with Crippen molar-refractivity contribution in [2.24, 2.45) is 5.73 Å². The Labute approximate surface area is 135 Å². The van der Waals surface area contributed by atoms with Gasteiger partial charge in [0.15, 0.2) is 5.82 Å². The molecule has 0 bridgehead atoms. The molecular weight excluding hydrogens is 290 g/mol. The SMILES string of the molecule is Cc1nc(-c2cccnc2)ncc1C(=O)N1CCCC[C@H](N)C1. The van der Waals surface area contributed by atoms with Gasteiger partial charge < -0.3 is 10.6 Å². The van der Waals surface area contributed by atoms with Crippen molar-refractivity contribution in [2.75, 3.05) is 13.1 Å². The van der Waals surface area contributed by atoms with Crippen molar-refractivity contribution >= 4 is 5.91 Å². The molecule has 1 aliphatic rings. The number of nitrogens with zero attached hydrogens (tertiary/aromatic N) is 4. The molecule has 0 aliphatic carbocycles. The molecule has 0 unspecified atom stereocenters. The van der Waals surface area contributed by atoms with Gasteiger partial charge in [-0.2, -0.15) is 0 Å². The Hall–Kier alpha value is -2.34. The molecule has 23 heavy (non-hydrogen) atoms. The van der Waals surface area contributed by atoms with Gasteiger partial charge in [0.2, 0.25) is 0 Å². The second kappa shape index (κ2) is 6.83. The number of pyridine rings is 1. The highest BCUT2D eigenvalue weighted by molar-refractivity contribution is 5.95. The summed E-state index contributed by atoms with van der Waals surface area (Å²) < 4.78 is 0. The van der Waals surface area contributed by atoms with Crippen LogP contribution in [0.4, 0.5) is 0 Å². The predicted molar refractivity (Wildman–Crippen MR) is 87.7 cm³/mol. The lowest BCUT2D eigenvalue weighted by Crippen LogP contribution is -2.40. The van der Waals surface area contributed by atoms with Crippen LogP contribution >= 0.6 is 0 Å². The first-order chi connectivity index (χ1) is 11.1. The zero-order chi connectivity index (χ0) is 16.2. The van der Waals surface area contributed by atoms with Crippen LogP contribution in [0.15, 0.2) is 30.7 Å². The third-order valence-electron chi connectivity index (χ3n) is 4.12. The number of carbonyl (C=O) groups excluding carboxylic acids is 1. The van der Waals surface area contributed by atoms with Crippen LogP contribution in [-0.4, -0.2) is 44.9 Å². The van der Waals surface area contributed by atoms with E-state index in [1.54, 1.807) is 18.6 Å². The second-order valence-corrected chi connectivity index (χ2v) is 5.94. The third-order valence-corrected chi connectivity index (χ3v) is 4.12. The first-order valence-electron chi connectivity index (χ1n) is 7.94. The molecule has 3 rings (SSSR count). The monoisotopic (exact) mass is 311 g/mol. The van der Waals surface area contributed by atoms with Crippen molar-refractivity contribution < 1.29 is 4.79 Å². The van der Waals surface area contributed by atoms with Crippen LogP contribution in [0.2, 0.25) is 0 Å². The van der Waals surface area contributed by atoms with Crippen LogP contribution in [0, 0.1) is 6.92 Å². The second-order valence-electron chi connectivity index (χ2n) is 5.94. The number of aromatic nitrogens is 3. The van der Waals surface area contributed by atoms with Gasteiger partial charge in [-0.05, 0) is 31.9 Å². The molecule has 120 valence electrons. The van der Waals surface area contributed by atoms with Crippen molar-refractivity contribution in [3.63, 3.8) is 0 Å². The summed E-state index contributed by atoms with van der Waals surface area (Å²) in [4.78, 5) is 27.5. The number of carbonyl (C=O) groups is 1. The van der Waals surface area contributed by atoms with E-state index in [9.17, 15) is 4.79 Å². The fourth-order valence-corrected chi connectivity index (χ4v) is 2.84. The van der Waals surface area contributed by atoms with E-state index < -0.39 is 0 Å². The maximum Gasteiger partial charge on any atom is 0.257 e. The van der Waals surface area contributed by atoms with Crippen LogP contribution in [0.3, 0.4) is 0 Å². The molecule has 1 fully saturated rings. The predicted octanol–water partition coefficient (Wildman–Crippen LogP) is 1.80. The van der Waals surface area contributed by atoms with E-state index in [1.165, 1.54) is 0 Å². The minimum absolute atomic E-state index is 0.0300. The standard InChI is InChI=1S/C17H21N5O/c1-12-15(17(23)22-8-3-2-6-14(18)11-22)10-20-16(21-12)13-5-4-7-19-9-13/h4-5,7,9-10,14H,2-3,6,8,11,18H2,1H3/t14-/m0/s1. The largest absolute Gasteiger partial charge is 0.337 e. The quantitative estimate of drug-likeness (QED) is 0.914.